The highest BCUT2D eigenvalue weighted by atomic mass is 16.1. The van der Waals surface area contributed by atoms with Crippen molar-refractivity contribution < 1.29 is 4.79 Å². The third-order valence-electron chi connectivity index (χ3n) is 2.58. The van der Waals surface area contributed by atoms with Gasteiger partial charge >= 0.3 is 0 Å². The summed E-state index contributed by atoms with van der Waals surface area (Å²) in [6, 6.07) is 16.1. The molecular weight excluding hydrogens is 240 g/mol. The highest BCUT2D eigenvalue weighted by Crippen LogP contribution is 2.10. The van der Waals surface area contributed by atoms with Crippen molar-refractivity contribution in [1.82, 2.24) is 0 Å². The average molecular weight is 254 g/mol. The summed E-state index contributed by atoms with van der Waals surface area (Å²) in [6.45, 7) is 0. The first-order valence-electron chi connectivity index (χ1n) is 5.70. The molecule has 0 radical (unpaired) electrons. The van der Waals surface area contributed by atoms with Gasteiger partial charge in [0.05, 0.1) is 5.69 Å². The van der Waals surface area contributed by atoms with Crippen LogP contribution in [0.25, 0.3) is 0 Å². The Morgan fingerprint density at radius 2 is 1.68 bits per heavy atom. The number of carbonyl (C=O) groups is 1. The van der Waals surface area contributed by atoms with Crippen molar-refractivity contribution in [1.29, 1.82) is 0 Å². The number of benzene rings is 2. The molecule has 0 aliphatic rings. The fourth-order valence-corrected chi connectivity index (χ4v) is 1.54. The first-order chi connectivity index (χ1) is 9.20. The summed E-state index contributed by atoms with van der Waals surface area (Å²) in [5, 5.41) is 5.30. The number of nitrogens with zero attached hydrogens (tertiary/aromatic N) is 2. The molecule has 5 heteroatoms. The molecule has 4 N–H and O–H groups in total. The van der Waals surface area contributed by atoms with E-state index in [1.807, 2.05) is 30.3 Å². The van der Waals surface area contributed by atoms with E-state index in [0.717, 1.165) is 12.0 Å². The third-order valence-corrected chi connectivity index (χ3v) is 2.58. The zero-order valence-electron chi connectivity index (χ0n) is 10.2. The van der Waals surface area contributed by atoms with Crippen molar-refractivity contribution in [3.63, 3.8) is 0 Å². The van der Waals surface area contributed by atoms with Crippen LogP contribution in [0.2, 0.25) is 0 Å². The summed E-state index contributed by atoms with van der Waals surface area (Å²) in [6.07, 6.45) is 0.774. The molecule has 96 valence electrons. The van der Waals surface area contributed by atoms with Gasteiger partial charge in [-0.2, -0.15) is 5.12 Å². The lowest BCUT2D eigenvalue weighted by atomic mass is 10.1. The van der Waals surface area contributed by atoms with Crippen LogP contribution in [-0.2, 0) is 0 Å². The minimum absolute atomic E-state index is 0.281. The van der Waals surface area contributed by atoms with Gasteiger partial charge in [-0.1, -0.05) is 42.5 Å². The molecule has 0 saturated heterocycles. The number of aldehydes is 1. The summed E-state index contributed by atoms with van der Waals surface area (Å²) in [7, 11) is 0. The van der Waals surface area contributed by atoms with Gasteiger partial charge < -0.3 is 5.73 Å². The summed E-state index contributed by atoms with van der Waals surface area (Å²) in [5.41, 5.74) is 7.89. The first-order valence-corrected chi connectivity index (χ1v) is 5.70. The first kappa shape index (κ1) is 12.8. The molecule has 0 unspecified atom stereocenters. The van der Waals surface area contributed by atoms with E-state index in [1.165, 1.54) is 5.12 Å². The van der Waals surface area contributed by atoms with Crippen LogP contribution in [0.3, 0.4) is 0 Å². The Bertz CT molecular complexity index is 578. The molecule has 0 amide bonds. The molecule has 0 aliphatic carbocycles. The smallest absolute Gasteiger partial charge is 0.152 e. The second-order valence-electron chi connectivity index (χ2n) is 3.91. The monoisotopic (exact) mass is 254 g/mol. The van der Waals surface area contributed by atoms with Gasteiger partial charge in [0.1, 0.15) is 6.29 Å². The maximum atomic E-state index is 10.6. The molecule has 0 fully saturated rings. The highest BCUT2D eigenvalue weighted by molar-refractivity contribution is 5.98. The molecule has 0 atom stereocenters. The Labute approximate surface area is 111 Å². The Morgan fingerprint density at radius 1 is 1.05 bits per heavy atom. The van der Waals surface area contributed by atoms with Gasteiger partial charge in [0.2, 0.25) is 0 Å². The van der Waals surface area contributed by atoms with Crippen molar-refractivity contribution in [3.8, 4) is 0 Å². The minimum Gasteiger partial charge on any atom is -0.382 e. The van der Waals surface area contributed by atoms with E-state index in [0.29, 0.717) is 11.1 Å². The maximum absolute atomic E-state index is 10.6. The van der Waals surface area contributed by atoms with E-state index < -0.39 is 0 Å². The number of hydrazone groups is 1. The van der Waals surface area contributed by atoms with Crippen molar-refractivity contribution in [2.45, 2.75) is 0 Å². The standard InChI is InChI=1S/C14H14N4O/c15-14(12-8-6-11(10-19)7-9-12)17-18(16)13-4-2-1-3-5-13/h1-10H,16H2,(H2,15,17). The predicted molar refractivity (Wildman–Crippen MR) is 75.7 cm³/mol. The quantitative estimate of drug-likeness (QED) is 0.285. The van der Waals surface area contributed by atoms with Gasteiger partial charge in [-0.15, -0.1) is 5.10 Å². The average Bonchev–Trinajstić information content (AvgIpc) is 2.48. The van der Waals surface area contributed by atoms with E-state index in [4.69, 9.17) is 11.6 Å². The topological polar surface area (TPSA) is 84.7 Å². The molecule has 2 aromatic carbocycles. The lowest BCUT2D eigenvalue weighted by molar-refractivity contribution is 0.112. The number of anilines is 1. The summed E-state index contributed by atoms with van der Waals surface area (Å²) in [4.78, 5) is 10.6. The van der Waals surface area contributed by atoms with Crippen LogP contribution >= 0.6 is 0 Å². The van der Waals surface area contributed by atoms with Crippen LogP contribution in [-0.4, -0.2) is 12.1 Å². The molecule has 19 heavy (non-hydrogen) atoms. The Kier molecular flexibility index (Phi) is 3.90. The molecule has 0 heterocycles. The van der Waals surface area contributed by atoms with E-state index >= 15 is 0 Å². The molecule has 2 rings (SSSR count). The molecule has 0 aromatic heterocycles. The minimum atomic E-state index is 0.281. The van der Waals surface area contributed by atoms with E-state index in [1.54, 1.807) is 24.3 Å². The summed E-state index contributed by atoms with van der Waals surface area (Å²) < 4.78 is 0. The van der Waals surface area contributed by atoms with Gasteiger partial charge in [-0.25, -0.2) is 5.84 Å². The van der Waals surface area contributed by atoms with Crippen molar-refractivity contribution in [3.05, 3.63) is 65.7 Å². The van der Waals surface area contributed by atoms with Crippen LogP contribution in [0.1, 0.15) is 15.9 Å². The largest absolute Gasteiger partial charge is 0.382 e. The number of hydrazine groups is 1. The molecule has 0 saturated carbocycles. The molecule has 5 nitrogen and oxygen atoms in total. The number of carbonyl (C=O) groups excluding carboxylic acids is 1. The SMILES string of the molecule is N/C(=N\N(N)c1ccccc1)c1ccc(C=O)cc1. The Hall–Kier alpha value is -2.66. The zero-order chi connectivity index (χ0) is 13.7. The van der Waals surface area contributed by atoms with Crippen LogP contribution < -0.4 is 16.7 Å². The molecule has 0 aliphatic heterocycles. The second kappa shape index (κ2) is 5.79. The fraction of sp³-hybridized carbons (Fsp3) is 0. The van der Waals surface area contributed by atoms with Gasteiger partial charge in [-0.05, 0) is 12.1 Å². The normalized spacial score (nSPS) is 11.1. The van der Waals surface area contributed by atoms with E-state index in [9.17, 15) is 4.79 Å². The fourth-order valence-electron chi connectivity index (χ4n) is 1.54. The number of nitrogens with two attached hydrogens (primary N) is 2. The van der Waals surface area contributed by atoms with Crippen LogP contribution in [0, 0.1) is 0 Å². The van der Waals surface area contributed by atoms with Crippen molar-refractivity contribution in [2.75, 3.05) is 5.12 Å². The van der Waals surface area contributed by atoms with E-state index in [-0.39, 0.29) is 5.84 Å². The highest BCUT2D eigenvalue weighted by Gasteiger charge is 2.02. The lowest BCUT2D eigenvalue weighted by Gasteiger charge is -2.13. The molecular formula is C14H14N4O. The summed E-state index contributed by atoms with van der Waals surface area (Å²) in [5.74, 6) is 6.08. The predicted octanol–water partition coefficient (Wildman–Crippen LogP) is 1.50. The Morgan fingerprint density at radius 3 is 2.26 bits per heavy atom. The number of amidine groups is 1. The van der Waals surface area contributed by atoms with Gasteiger partial charge in [-0.3, -0.25) is 4.79 Å². The second-order valence-corrected chi connectivity index (χ2v) is 3.91. The number of para-hydroxylation sites is 1. The zero-order valence-corrected chi connectivity index (χ0v) is 10.2. The number of hydrogen-bond acceptors (Lipinski definition) is 4. The van der Waals surface area contributed by atoms with Gasteiger partial charge in [0.15, 0.2) is 5.84 Å². The van der Waals surface area contributed by atoms with Crippen LogP contribution in [0.15, 0.2) is 59.7 Å². The number of hydrogen-bond donors (Lipinski definition) is 2. The van der Waals surface area contributed by atoms with Crippen LogP contribution in [0.5, 0.6) is 0 Å². The van der Waals surface area contributed by atoms with Crippen molar-refractivity contribution in [2.24, 2.45) is 16.7 Å². The van der Waals surface area contributed by atoms with Gasteiger partial charge in [0.25, 0.3) is 0 Å². The van der Waals surface area contributed by atoms with E-state index in [2.05, 4.69) is 5.10 Å². The summed E-state index contributed by atoms with van der Waals surface area (Å²) >= 11 is 0. The molecule has 0 spiro atoms. The van der Waals surface area contributed by atoms with Gasteiger partial charge in [0, 0.05) is 11.1 Å². The lowest BCUT2D eigenvalue weighted by Crippen LogP contribution is -2.29. The maximum Gasteiger partial charge on any atom is 0.152 e. The molecule has 2 aromatic rings. The van der Waals surface area contributed by atoms with Crippen LogP contribution in [0.4, 0.5) is 5.69 Å². The Balaban J connectivity index is 2.20. The third kappa shape index (κ3) is 3.17. The molecule has 0 bridgehead atoms. The number of rotatable bonds is 4. The van der Waals surface area contributed by atoms with Crippen molar-refractivity contribution >= 4 is 17.8 Å².